The van der Waals surface area contributed by atoms with Crippen LogP contribution in [0.5, 0.6) is 0 Å². The van der Waals surface area contributed by atoms with Gasteiger partial charge in [0, 0.05) is 32.5 Å². The lowest BCUT2D eigenvalue weighted by Gasteiger charge is -2.35. The number of likely N-dealkylation sites (N-methyl/N-ethyl adjacent to an activating group) is 1. The van der Waals surface area contributed by atoms with Crippen LogP contribution in [0.15, 0.2) is 30.3 Å². The van der Waals surface area contributed by atoms with E-state index in [4.69, 9.17) is 4.74 Å². The fourth-order valence-corrected chi connectivity index (χ4v) is 4.79. The maximum atomic E-state index is 12.9. The fourth-order valence-electron chi connectivity index (χ4n) is 4.79. The summed E-state index contributed by atoms with van der Waals surface area (Å²) in [4.78, 5) is 26.3. The molecule has 1 aliphatic carbocycles. The van der Waals surface area contributed by atoms with E-state index in [1.807, 2.05) is 18.2 Å². The number of carbonyl (C=O) groups is 2. The van der Waals surface area contributed by atoms with Gasteiger partial charge in [0.2, 0.25) is 5.91 Å². The predicted molar refractivity (Wildman–Crippen MR) is 111 cm³/mol. The van der Waals surface area contributed by atoms with Gasteiger partial charge in [0.05, 0.1) is 12.1 Å². The first-order chi connectivity index (χ1) is 13.9. The average Bonchev–Trinajstić information content (AvgIpc) is 2.92. The number of aliphatic hydroxyl groups is 1. The van der Waals surface area contributed by atoms with Crippen LogP contribution in [-0.4, -0.2) is 60.3 Å². The predicted octanol–water partition coefficient (Wildman–Crippen LogP) is 2.39. The van der Waals surface area contributed by atoms with Crippen LogP contribution in [0.25, 0.3) is 0 Å². The number of hydrogen-bond acceptors (Lipinski definition) is 4. The van der Waals surface area contributed by atoms with Crippen LogP contribution in [0.2, 0.25) is 0 Å². The topological polar surface area (TPSA) is 78.9 Å². The lowest BCUT2D eigenvalue weighted by Crippen LogP contribution is -2.49. The molecular formula is C23H34N2O4. The SMILES string of the molecule is CC(=O)NC[C@]1(c2ccccc2)CC[C@H](O)[C@@H](N(C)C(=O)[C@H]2CCCCO2)CC1. The number of amides is 2. The fraction of sp³-hybridized carbons (Fsp3) is 0.652. The molecule has 2 aliphatic rings. The monoisotopic (exact) mass is 402 g/mol. The van der Waals surface area contributed by atoms with Crippen LogP contribution < -0.4 is 5.32 Å². The minimum atomic E-state index is -0.588. The van der Waals surface area contributed by atoms with E-state index in [9.17, 15) is 14.7 Å². The number of ether oxygens (including phenoxy) is 1. The van der Waals surface area contributed by atoms with Crippen molar-refractivity contribution in [3.05, 3.63) is 35.9 Å². The summed E-state index contributed by atoms with van der Waals surface area (Å²) in [5.74, 6) is -0.0776. The molecule has 160 valence electrons. The average molecular weight is 403 g/mol. The summed E-state index contributed by atoms with van der Waals surface area (Å²) in [6, 6.07) is 9.97. The number of rotatable bonds is 5. The Balaban J connectivity index is 1.77. The molecule has 1 aromatic rings. The van der Waals surface area contributed by atoms with Crippen molar-refractivity contribution in [1.29, 1.82) is 0 Å². The molecule has 1 aliphatic heterocycles. The van der Waals surface area contributed by atoms with E-state index in [2.05, 4.69) is 17.4 Å². The van der Waals surface area contributed by atoms with Crippen LogP contribution in [0.3, 0.4) is 0 Å². The molecule has 6 heteroatoms. The highest BCUT2D eigenvalue weighted by Gasteiger charge is 2.41. The standard InChI is InChI=1S/C23H34N2O4/c1-17(26)24-16-23(18-8-4-3-5-9-18)13-11-19(20(27)12-14-23)25(2)22(28)21-10-6-7-15-29-21/h3-5,8-9,19-21,27H,6-7,10-16H2,1-2H3,(H,24,26)/t19-,20-,21+,23+/m0/s1. The number of nitrogens with one attached hydrogen (secondary N) is 1. The molecule has 0 radical (unpaired) electrons. The van der Waals surface area contributed by atoms with Gasteiger partial charge in [0.25, 0.3) is 5.91 Å². The van der Waals surface area contributed by atoms with Gasteiger partial charge in [-0.3, -0.25) is 9.59 Å². The first kappa shape index (κ1) is 21.8. The van der Waals surface area contributed by atoms with Crippen LogP contribution in [-0.2, 0) is 19.7 Å². The maximum absolute atomic E-state index is 12.9. The molecule has 1 saturated carbocycles. The smallest absolute Gasteiger partial charge is 0.251 e. The Kier molecular flexibility index (Phi) is 7.30. The van der Waals surface area contributed by atoms with Crippen molar-refractivity contribution in [2.45, 2.75) is 75.5 Å². The van der Waals surface area contributed by atoms with Gasteiger partial charge in [-0.25, -0.2) is 0 Å². The number of carbonyl (C=O) groups excluding carboxylic acids is 2. The minimum Gasteiger partial charge on any atom is -0.391 e. The highest BCUT2D eigenvalue weighted by Crippen LogP contribution is 2.39. The second-order valence-corrected chi connectivity index (χ2v) is 8.57. The summed E-state index contributed by atoms with van der Waals surface area (Å²) in [7, 11) is 1.79. The second-order valence-electron chi connectivity index (χ2n) is 8.57. The van der Waals surface area contributed by atoms with Gasteiger partial charge >= 0.3 is 0 Å². The van der Waals surface area contributed by atoms with Crippen LogP contribution in [0, 0.1) is 0 Å². The third kappa shape index (κ3) is 5.17. The summed E-state index contributed by atoms with van der Waals surface area (Å²) in [6.07, 6.45) is 4.61. The van der Waals surface area contributed by atoms with Crippen molar-refractivity contribution in [3.8, 4) is 0 Å². The van der Waals surface area contributed by atoms with Gasteiger partial charge < -0.3 is 20.1 Å². The van der Waals surface area contributed by atoms with Crippen molar-refractivity contribution in [2.24, 2.45) is 0 Å². The van der Waals surface area contributed by atoms with Gasteiger partial charge in [-0.05, 0) is 50.5 Å². The Hall–Kier alpha value is -1.92. The molecule has 0 spiro atoms. The van der Waals surface area contributed by atoms with E-state index >= 15 is 0 Å². The molecule has 0 unspecified atom stereocenters. The molecule has 2 amide bonds. The molecular weight excluding hydrogens is 368 g/mol. The Morgan fingerprint density at radius 2 is 1.90 bits per heavy atom. The summed E-state index contributed by atoms with van der Waals surface area (Å²) in [5.41, 5.74) is 0.930. The normalized spacial score (nSPS) is 30.2. The Labute approximate surface area is 173 Å². The maximum Gasteiger partial charge on any atom is 0.251 e. The summed E-state index contributed by atoms with van der Waals surface area (Å²) in [5, 5.41) is 13.9. The Bertz CT molecular complexity index is 689. The van der Waals surface area contributed by atoms with Crippen LogP contribution in [0.4, 0.5) is 0 Å². The van der Waals surface area contributed by atoms with Gasteiger partial charge in [-0.15, -0.1) is 0 Å². The van der Waals surface area contributed by atoms with Crippen molar-refractivity contribution < 1.29 is 19.4 Å². The van der Waals surface area contributed by atoms with E-state index in [0.717, 1.165) is 32.1 Å². The van der Waals surface area contributed by atoms with Crippen molar-refractivity contribution >= 4 is 11.8 Å². The van der Waals surface area contributed by atoms with Gasteiger partial charge in [0.1, 0.15) is 6.10 Å². The lowest BCUT2D eigenvalue weighted by molar-refractivity contribution is -0.149. The number of aliphatic hydroxyl groups excluding tert-OH is 1. The lowest BCUT2D eigenvalue weighted by atomic mass is 9.74. The molecule has 0 bridgehead atoms. The van der Waals surface area contributed by atoms with Crippen LogP contribution >= 0.6 is 0 Å². The second kappa shape index (κ2) is 9.72. The first-order valence-corrected chi connectivity index (χ1v) is 10.8. The zero-order valence-electron chi connectivity index (χ0n) is 17.6. The van der Waals surface area contributed by atoms with E-state index in [-0.39, 0.29) is 29.4 Å². The molecule has 0 aromatic heterocycles. The zero-order chi connectivity index (χ0) is 20.9. The number of hydrogen-bond donors (Lipinski definition) is 2. The molecule has 6 nitrogen and oxygen atoms in total. The largest absolute Gasteiger partial charge is 0.391 e. The third-order valence-corrected chi connectivity index (χ3v) is 6.64. The number of benzene rings is 1. The highest BCUT2D eigenvalue weighted by atomic mass is 16.5. The van der Waals surface area contributed by atoms with Gasteiger partial charge in [0.15, 0.2) is 0 Å². The molecule has 1 aromatic carbocycles. The van der Waals surface area contributed by atoms with E-state index in [1.54, 1.807) is 11.9 Å². The summed E-state index contributed by atoms with van der Waals surface area (Å²) < 4.78 is 5.67. The summed E-state index contributed by atoms with van der Waals surface area (Å²) >= 11 is 0. The molecule has 2 N–H and O–H groups in total. The first-order valence-electron chi connectivity index (χ1n) is 10.8. The molecule has 1 heterocycles. The molecule has 3 rings (SSSR count). The van der Waals surface area contributed by atoms with E-state index < -0.39 is 6.10 Å². The summed E-state index contributed by atoms with van der Waals surface area (Å²) in [6.45, 7) is 2.70. The van der Waals surface area contributed by atoms with Crippen LogP contribution in [0.1, 0.15) is 57.4 Å². The Morgan fingerprint density at radius 3 is 2.55 bits per heavy atom. The van der Waals surface area contributed by atoms with E-state index in [1.165, 1.54) is 12.5 Å². The molecule has 4 atom stereocenters. The molecule has 2 fully saturated rings. The third-order valence-electron chi connectivity index (χ3n) is 6.64. The zero-order valence-corrected chi connectivity index (χ0v) is 17.6. The Morgan fingerprint density at radius 1 is 1.17 bits per heavy atom. The van der Waals surface area contributed by atoms with Crippen molar-refractivity contribution in [3.63, 3.8) is 0 Å². The van der Waals surface area contributed by atoms with Gasteiger partial charge in [-0.1, -0.05) is 30.3 Å². The quantitative estimate of drug-likeness (QED) is 0.742. The highest BCUT2D eigenvalue weighted by molar-refractivity contribution is 5.81. The minimum absolute atomic E-state index is 0.0252. The molecule has 1 saturated heterocycles. The van der Waals surface area contributed by atoms with E-state index in [0.29, 0.717) is 26.0 Å². The molecule has 29 heavy (non-hydrogen) atoms. The van der Waals surface area contributed by atoms with Crippen molar-refractivity contribution in [1.82, 2.24) is 10.2 Å². The van der Waals surface area contributed by atoms with Crippen molar-refractivity contribution in [2.75, 3.05) is 20.2 Å². The number of nitrogens with zero attached hydrogens (tertiary/aromatic N) is 1. The van der Waals surface area contributed by atoms with Gasteiger partial charge in [-0.2, -0.15) is 0 Å².